The molecule has 1 saturated heterocycles. The monoisotopic (exact) mass is 130 g/mol. The summed E-state index contributed by atoms with van der Waals surface area (Å²) >= 11 is 0. The molecule has 0 aromatic heterocycles. The molecule has 1 aliphatic heterocycles. The summed E-state index contributed by atoms with van der Waals surface area (Å²) in [5.41, 5.74) is 0. The Labute approximate surface area is 56.2 Å². The van der Waals surface area contributed by atoms with E-state index in [0.29, 0.717) is 6.42 Å². The van der Waals surface area contributed by atoms with Gasteiger partial charge >= 0.3 is 0 Å². The first-order chi connectivity index (χ1) is 4.41. The predicted octanol–water partition coefficient (Wildman–Crippen LogP) is 1.39. The molecule has 0 unspecified atom stereocenters. The van der Waals surface area contributed by atoms with E-state index in [4.69, 9.17) is 4.74 Å². The molecule has 2 heteroatoms. The lowest BCUT2D eigenvalue weighted by Gasteiger charge is -1.76. The van der Waals surface area contributed by atoms with E-state index in [1.165, 1.54) is 12.8 Å². The van der Waals surface area contributed by atoms with Crippen LogP contribution in [0.25, 0.3) is 0 Å². The van der Waals surface area contributed by atoms with E-state index in [-0.39, 0.29) is 0 Å². The van der Waals surface area contributed by atoms with Crippen LogP contribution in [0.5, 0.6) is 0 Å². The normalized spacial score (nSPS) is 16.1. The van der Waals surface area contributed by atoms with Crippen molar-refractivity contribution < 1.29 is 9.53 Å². The van der Waals surface area contributed by atoms with E-state index in [2.05, 4.69) is 0 Å². The fourth-order valence-electron chi connectivity index (χ4n) is 0.510. The lowest BCUT2D eigenvalue weighted by Crippen LogP contribution is -1.74. The lowest BCUT2D eigenvalue weighted by atomic mass is 10.4. The molecule has 0 N–H and O–H groups in total. The van der Waals surface area contributed by atoms with Crippen LogP contribution in [0, 0.1) is 0 Å². The standard InChI is InChI=1S/C4H8O.C3H6O/c1-2-4-5-3-1;1-2-3-4/h1-4H2;3H,2H2,1H3. The van der Waals surface area contributed by atoms with Crippen LogP contribution in [0.1, 0.15) is 26.2 Å². The minimum Gasteiger partial charge on any atom is -0.381 e. The van der Waals surface area contributed by atoms with Crippen LogP contribution >= 0.6 is 0 Å². The number of hydrogen-bond donors (Lipinski definition) is 0. The fourth-order valence-corrected chi connectivity index (χ4v) is 0.510. The number of carbonyl (C=O) groups is 1. The summed E-state index contributed by atoms with van der Waals surface area (Å²) in [7, 11) is 0. The number of hydrogen-bond acceptors (Lipinski definition) is 2. The quantitative estimate of drug-likeness (QED) is 0.501. The van der Waals surface area contributed by atoms with Gasteiger partial charge in [-0.15, -0.1) is 0 Å². The van der Waals surface area contributed by atoms with Crippen LogP contribution in [0.2, 0.25) is 0 Å². The number of carbonyl (C=O) groups excluding carboxylic acids is 1. The first-order valence-electron chi connectivity index (χ1n) is 3.43. The van der Waals surface area contributed by atoms with Crippen LogP contribution < -0.4 is 0 Å². The van der Waals surface area contributed by atoms with Gasteiger partial charge in [-0.2, -0.15) is 0 Å². The first-order valence-corrected chi connectivity index (χ1v) is 3.43. The molecule has 2 nitrogen and oxygen atoms in total. The van der Waals surface area contributed by atoms with Crippen molar-refractivity contribution in [3.05, 3.63) is 0 Å². The third kappa shape index (κ3) is 7.63. The van der Waals surface area contributed by atoms with Gasteiger partial charge in [-0.1, -0.05) is 6.92 Å². The van der Waals surface area contributed by atoms with Gasteiger partial charge in [-0.25, -0.2) is 0 Å². The Kier molecular flexibility index (Phi) is 7.32. The SMILES string of the molecule is C1CCOC1.CCC=O. The summed E-state index contributed by atoms with van der Waals surface area (Å²) in [5, 5.41) is 0. The predicted molar refractivity (Wildman–Crippen MR) is 36.4 cm³/mol. The van der Waals surface area contributed by atoms with Crippen LogP contribution in [-0.4, -0.2) is 19.5 Å². The maximum Gasteiger partial charge on any atom is 0.119 e. The average molecular weight is 130 g/mol. The van der Waals surface area contributed by atoms with E-state index >= 15 is 0 Å². The van der Waals surface area contributed by atoms with Gasteiger partial charge in [0.25, 0.3) is 0 Å². The zero-order valence-electron chi connectivity index (χ0n) is 5.93. The molecule has 0 saturated carbocycles. The van der Waals surface area contributed by atoms with Crippen LogP contribution in [0.3, 0.4) is 0 Å². The molecule has 0 atom stereocenters. The lowest BCUT2D eigenvalue weighted by molar-refractivity contribution is -0.107. The Balaban J connectivity index is 0.000000148. The van der Waals surface area contributed by atoms with E-state index in [1.807, 2.05) is 6.92 Å². The molecule has 1 aliphatic rings. The van der Waals surface area contributed by atoms with E-state index < -0.39 is 0 Å². The molecular formula is C7H14O2. The summed E-state index contributed by atoms with van der Waals surface area (Å²) in [4.78, 5) is 9.17. The topological polar surface area (TPSA) is 26.3 Å². The Bertz CT molecular complexity index is 50.3. The third-order valence-electron chi connectivity index (χ3n) is 0.994. The van der Waals surface area contributed by atoms with Crippen molar-refractivity contribution >= 4 is 6.29 Å². The molecule has 1 heterocycles. The van der Waals surface area contributed by atoms with Crippen molar-refractivity contribution in [2.75, 3.05) is 13.2 Å². The van der Waals surface area contributed by atoms with Crippen molar-refractivity contribution in [2.45, 2.75) is 26.2 Å². The second-order valence-corrected chi connectivity index (χ2v) is 1.89. The zero-order valence-corrected chi connectivity index (χ0v) is 5.93. The molecule has 54 valence electrons. The van der Waals surface area contributed by atoms with Gasteiger partial charge < -0.3 is 9.53 Å². The van der Waals surface area contributed by atoms with E-state index in [0.717, 1.165) is 19.5 Å². The molecular weight excluding hydrogens is 116 g/mol. The average Bonchev–Trinajstić information content (AvgIpc) is 2.43. The number of rotatable bonds is 1. The van der Waals surface area contributed by atoms with Crippen LogP contribution in [0.4, 0.5) is 0 Å². The van der Waals surface area contributed by atoms with Crippen LogP contribution in [-0.2, 0) is 9.53 Å². The highest BCUT2D eigenvalue weighted by Gasteiger charge is 1.94. The maximum absolute atomic E-state index is 9.17. The molecule has 0 bridgehead atoms. The second kappa shape index (κ2) is 7.63. The first kappa shape index (κ1) is 8.63. The molecule has 9 heavy (non-hydrogen) atoms. The zero-order chi connectivity index (χ0) is 6.95. The summed E-state index contributed by atoms with van der Waals surface area (Å²) in [6.07, 6.45) is 4.07. The van der Waals surface area contributed by atoms with Gasteiger partial charge in [0.1, 0.15) is 6.29 Å². The molecule has 0 aliphatic carbocycles. The smallest absolute Gasteiger partial charge is 0.119 e. The van der Waals surface area contributed by atoms with E-state index in [1.54, 1.807) is 0 Å². The van der Waals surface area contributed by atoms with Gasteiger partial charge in [-0.3, -0.25) is 0 Å². The summed E-state index contributed by atoms with van der Waals surface area (Å²) in [5.74, 6) is 0. The molecule has 0 aromatic rings. The molecule has 0 aromatic carbocycles. The van der Waals surface area contributed by atoms with Crippen molar-refractivity contribution in [3.63, 3.8) is 0 Å². The molecule has 0 spiro atoms. The van der Waals surface area contributed by atoms with Crippen molar-refractivity contribution in [2.24, 2.45) is 0 Å². The highest BCUT2D eigenvalue weighted by molar-refractivity contribution is 5.48. The van der Waals surface area contributed by atoms with Gasteiger partial charge in [0.05, 0.1) is 0 Å². The Morgan fingerprint density at radius 1 is 1.44 bits per heavy atom. The highest BCUT2D eigenvalue weighted by Crippen LogP contribution is 1.98. The largest absolute Gasteiger partial charge is 0.381 e. The fraction of sp³-hybridized carbons (Fsp3) is 0.857. The number of aldehydes is 1. The maximum atomic E-state index is 9.17. The van der Waals surface area contributed by atoms with Crippen molar-refractivity contribution in [1.29, 1.82) is 0 Å². The van der Waals surface area contributed by atoms with Gasteiger partial charge in [0.2, 0.25) is 0 Å². The van der Waals surface area contributed by atoms with Crippen molar-refractivity contribution in [1.82, 2.24) is 0 Å². The van der Waals surface area contributed by atoms with Crippen molar-refractivity contribution in [3.8, 4) is 0 Å². The van der Waals surface area contributed by atoms with Crippen LogP contribution in [0.15, 0.2) is 0 Å². The molecule has 1 fully saturated rings. The minimum absolute atomic E-state index is 0.639. The summed E-state index contributed by atoms with van der Waals surface area (Å²) in [6.45, 7) is 3.81. The van der Waals surface area contributed by atoms with Gasteiger partial charge in [0, 0.05) is 19.6 Å². The molecule has 1 rings (SSSR count). The van der Waals surface area contributed by atoms with Gasteiger partial charge in [-0.05, 0) is 12.8 Å². The second-order valence-electron chi connectivity index (χ2n) is 1.89. The third-order valence-corrected chi connectivity index (χ3v) is 0.994. The Morgan fingerprint density at radius 3 is 2.00 bits per heavy atom. The van der Waals surface area contributed by atoms with E-state index in [9.17, 15) is 4.79 Å². The Hall–Kier alpha value is -0.370. The summed E-state index contributed by atoms with van der Waals surface area (Å²) < 4.78 is 4.94. The highest BCUT2D eigenvalue weighted by atomic mass is 16.5. The molecule has 0 amide bonds. The summed E-state index contributed by atoms with van der Waals surface area (Å²) in [6, 6.07) is 0. The van der Waals surface area contributed by atoms with Gasteiger partial charge in [0.15, 0.2) is 0 Å². The Morgan fingerprint density at radius 2 is 1.89 bits per heavy atom. The number of ether oxygens (including phenoxy) is 1. The molecule has 0 radical (unpaired) electrons. The minimum atomic E-state index is 0.639.